The highest BCUT2D eigenvalue weighted by Crippen LogP contribution is 2.39. The van der Waals surface area contributed by atoms with Gasteiger partial charge in [0.05, 0.1) is 12.2 Å². The van der Waals surface area contributed by atoms with Crippen molar-refractivity contribution in [2.45, 2.75) is 38.6 Å². The molecule has 2 N–H and O–H groups in total. The number of carbonyl (C=O) groups excluding carboxylic acids is 1. The van der Waals surface area contributed by atoms with Crippen molar-refractivity contribution >= 4 is 16.7 Å². The Morgan fingerprint density at radius 3 is 2.38 bits per heavy atom. The maximum atomic E-state index is 13.1. The maximum absolute atomic E-state index is 13.1. The zero-order valence-corrected chi connectivity index (χ0v) is 16.5. The summed E-state index contributed by atoms with van der Waals surface area (Å²) in [6.07, 6.45) is -3.09. The van der Waals surface area contributed by atoms with Crippen LogP contribution in [-0.4, -0.2) is 27.0 Å². The maximum Gasteiger partial charge on any atom is 0.421 e. The molecule has 3 aromatic rings. The number of aromatic nitrogens is 2. The van der Waals surface area contributed by atoms with Crippen LogP contribution < -0.4 is 5.32 Å². The fourth-order valence-electron chi connectivity index (χ4n) is 3.15. The largest absolute Gasteiger partial charge is 0.421 e. The molecule has 5 nitrogen and oxygen atoms in total. The van der Waals surface area contributed by atoms with E-state index < -0.39 is 11.8 Å². The van der Waals surface area contributed by atoms with E-state index in [2.05, 4.69) is 10.4 Å². The average molecular weight is 405 g/mol. The van der Waals surface area contributed by atoms with E-state index in [4.69, 9.17) is 0 Å². The predicted molar refractivity (Wildman–Crippen MR) is 103 cm³/mol. The number of rotatable bonds is 4. The topological polar surface area (TPSA) is 67.2 Å². The van der Waals surface area contributed by atoms with Crippen molar-refractivity contribution in [3.63, 3.8) is 0 Å². The minimum Gasteiger partial charge on any atom is -0.376 e. The van der Waals surface area contributed by atoms with Gasteiger partial charge in [-0.25, -0.2) is 0 Å². The normalized spacial score (nSPS) is 15.2. The monoisotopic (exact) mass is 405 g/mol. The minimum atomic E-state index is -4.79. The summed E-state index contributed by atoms with van der Waals surface area (Å²) >= 11 is 0. The zero-order valence-electron chi connectivity index (χ0n) is 16.5. The van der Waals surface area contributed by atoms with Crippen LogP contribution in [0.15, 0.2) is 42.6 Å². The summed E-state index contributed by atoms with van der Waals surface area (Å²) in [6, 6.07) is 8.45. The molecule has 0 bridgehead atoms. The number of hydrogen-bond acceptors (Lipinski definition) is 3. The molecule has 1 heterocycles. The molecule has 0 aliphatic rings. The van der Waals surface area contributed by atoms with E-state index in [0.717, 1.165) is 18.2 Å². The van der Waals surface area contributed by atoms with Gasteiger partial charge in [0.2, 0.25) is 0 Å². The van der Waals surface area contributed by atoms with Gasteiger partial charge in [0.15, 0.2) is 5.60 Å². The van der Waals surface area contributed by atoms with Gasteiger partial charge in [0.1, 0.15) is 0 Å². The molecule has 0 spiro atoms. The number of benzene rings is 2. The number of alkyl halides is 3. The fourth-order valence-corrected chi connectivity index (χ4v) is 3.15. The van der Waals surface area contributed by atoms with Crippen LogP contribution in [0.5, 0.6) is 0 Å². The van der Waals surface area contributed by atoms with E-state index in [1.807, 2.05) is 20.9 Å². The van der Waals surface area contributed by atoms with E-state index in [1.165, 1.54) is 18.2 Å². The van der Waals surface area contributed by atoms with Crippen LogP contribution >= 0.6 is 0 Å². The van der Waals surface area contributed by atoms with Crippen molar-refractivity contribution in [1.29, 1.82) is 0 Å². The van der Waals surface area contributed by atoms with Crippen LogP contribution in [0.4, 0.5) is 13.2 Å². The Hall–Kier alpha value is -2.87. The van der Waals surface area contributed by atoms with Crippen LogP contribution in [0.3, 0.4) is 0 Å². The van der Waals surface area contributed by atoms with Crippen molar-refractivity contribution in [2.24, 2.45) is 7.05 Å². The summed E-state index contributed by atoms with van der Waals surface area (Å²) in [5, 5.41) is 18.0. The summed E-state index contributed by atoms with van der Waals surface area (Å²) in [7, 11) is 1.82. The minimum absolute atomic E-state index is 0.254. The molecule has 0 fully saturated rings. The second kappa shape index (κ2) is 7.18. The standard InChI is InChI=1S/C21H22F3N3O2/c1-12(18-11-25-27(4)13(18)2)26-19(28)16-6-5-15-10-17(8-7-14(15)9-16)20(3,29)21(22,23)24/h5-12,29H,1-4H3,(H,26,28)/t12-,20?/m1/s1. The second-order valence-electron chi connectivity index (χ2n) is 7.35. The second-order valence-corrected chi connectivity index (χ2v) is 7.35. The van der Waals surface area contributed by atoms with E-state index in [-0.39, 0.29) is 17.5 Å². The van der Waals surface area contributed by atoms with Gasteiger partial charge in [-0.2, -0.15) is 18.3 Å². The van der Waals surface area contributed by atoms with E-state index >= 15 is 0 Å². The van der Waals surface area contributed by atoms with E-state index in [1.54, 1.807) is 29.1 Å². The lowest BCUT2D eigenvalue weighted by Gasteiger charge is -2.27. The van der Waals surface area contributed by atoms with Crippen LogP contribution in [0.25, 0.3) is 10.8 Å². The summed E-state index contributed by atoms with van der Waals surface area (Å²) in [6.45, 7) is 4.49. The Bertz CT molecular complexity index is 1070. The van der Waals surface area contributed by atoms with Gasteiger partial charge in [-0.15, -0.1) is 0 Å². The number of nitrogens with one attached hydrogen (secondary N) is 1. The molecule has 2 atom stereocenters. The van der Waals surface area contributed by atoms with Crippen molar-refractivity contribution in [2.75, 3.05) is 0 Å². The van der Waals surface area contributed by atoms with Crippen molar-refractivity contribution in [3.8, 4) is 0 Å². The molecule has 8 heteroatoms. The molecule has 1 amide bonds. The quantitative estimate of drug-likeness (QED) is 0.686. The lowest BCUT2D eigenvalue weighted by Crippen LogP contribution is -2.39. The summed E-state index contributed by atoms with van der Waals surface area (Å²) < 4.78 is 40.9. The van der Waals surface area contributed by atoms with Crippen molar-refractivity contribution < 1.29 is 23.1 Å². The molecule has 3 rings (SSSR count). The molecule has 1 aromatic heterocycles. The molecule has 0 aliphatic heterocycles. The predicted octanol–water partition coefficient (Wildman–Crippen LogP) is 4.14. The van der Waals surface area contributed by atoms with Crippen LogP contribution in [0, 0.1) is 6.92 Å². The first-order valence-corrected chi connectivity index (χ1v) is 9.04. The molecule has 0 saturated heterocycles. The highest BCUT2D eigenvalue weighted by Gasteiger charge is 2.51. The Morgan fingerprint density at radius 1 is 1.17 bits per heavy atom. The van der Waals surface area contributed by atoms with Gasteiger partial charge in [0, 0.05) is 23.9 Å². The third-order valence-electron chi connectivity index (χ3n) is 5.30. The highest BCUT2D eigenvalue weighted by molar-refractivity contribution is 5.98. The Morgan fingerprint density at radius 2 is 1.79 bits per heavy atom. The molecular formula is C21H22F3N3O2. The van der Waals surface area contributed by atoms with Gasteiger partial charge in [0.25, 0.3) is 5.91 Å². The van der Waals surface area contributed by atoms with E-state index in [9.17, 15) is 23.1 Å². The molecule has 154 valence electrons. The number of amides is 1. The number of fused-ring (bicyclic) bond motifs is 1. The Balaban J connectivity index is 1.85. The third kappa shape index (κ3) is 3.85. The Labute approximate surface area is 166 Å². The van der Waals surface area contributed by atoms with Crippen LogP contribution in [0.1, 0.15) is 47.1 Å². The van der Waals surface area contributed by atoms with Gasteiger partial charge in [-0.1, -0.05) is 18.2 Å². The van der Waals surface area contributed by atoms with Gasteiger partial charge in [-0.05, 0) is 55.3 Å². The summed E-state index contributed by atoms with van der Waals surface area (Å²) in [4.78, 5) is 12.6. The van der Waals surface area contributed by atoms with Gasteiger partial charge >= 0.3 is 6.18 Å². The number of hydrogen-bond donors (Lipinski definition) is 2. The first kappa shape index (κ1) is 20.9. The molecule has 0 radical (unpaired) electrons. The fraction of sp³-hybridized carbons (Fsp3) is 0.333. The lowest BCUT2D eigenvalue weighted by atomic mass is 9.92. The average Bonchev–Trinajstić information content (AvgIpc) is 2.98. The molecule has 0 saturated carbocycles. The molecule has 29 heavy (non-hydrogen) atoms. The zero-order chi connectivity index (χ0) is 21.6. The third-order valence-corrected chi connectivity index (χ3v) is 5.30. The van der Waals surface area contributed by atoms with Crippen LogP contribution in [-0.2, 0) is 12.6 Å². The Kier molecular flexibility index (Phi) is 5.17. The SMILES string of the molecule is Cc1c([C@@H](C)NC(=O)c2ccc3cc(C(C)(O)C(F)(F)F)ccc3c2)cnn1C. The highest BCUT2D eigenvalue weighted by atomic mass is 19.4. The lowest BCUT2D eigenvalue weighted by molar-refractivity contribution is -0.258. The molecule has 2 aromatic carbocycles. The smallest absolute Gasteiger partial charge is 0.376 e. The summed E-state index contributed by atoms with van der Waals surface area (Å²) in [5.74, 6) is -0.297. The van der Waals surface area contributed by atoms with Gasteiger partial charge < -0.3 is 10.4 Å². The number of aryl methyl sites for hydroxylation is 1. The van der Waals surface area contributed by atoms with E-state index in [0.29, 0.717) is 16.3 Å². The van der Waals surface area contributed by atoms with Crippen LogP contribution in [0.2, 0.25) is 0 Å². The number of halogens is 3. The number of carbonyl (C=O) groups is 1. The van der Waals surface area contributed by atoms with Crippen molar-refractivity contribution in [1.82, 2.24) is 15.1 Å². The number of nitrogens with zero attached hydrogens (tertiary/aromatic N) is 2. The molecule has 0 aliphatic carbocycles. The molecular weight excluding hydrogens is 383 g/mol. The van der Waals surface area contributed by atoms with Gasteiger partial charge in [-0.3, -0.25) is 9.48 Å². The molecule has 1 unspecified atom stereocenters. The number of aliphatic hydroxyl groups is 1. The first-order valence-electron chi connectivity index (χ1n) is 9.04. The summed E-state index contributed by atoms with van der Waals surface area (Å²) in [5.41, 5.74) is -0.966. The first-order chi connectivity index (χ1) is 13.4. The van der Waals surface area contributed by atoms with Crippen molar-refractivity contribution in [3.05, 3.63) is 65.0 Å².